The van der Waals surface area contributed by atoms with Gasteiger partial charge in [0, 0.05) is 50.2 Å². The van der Waals surface area contributed by atoms with Crippen LogP contribution < -0.4 is 5.32 Å². The lowest BCUT2D eigenvalue weighted by Crippen LogP contribution is -2.61. The second kappa shape index (κ2) is 10.2. The van der Waals surface area contributed by atoms with E-state index in [0.717, 1.165) is 22.0 Å². The maximum Gasteiger partial charge on any atom is 0.243 e. The lowest BCUT2D eigenvalue weighted by atomic mass is 10.0. The zero-order valence-electron chi connectivity index (χ0n) is 20.3. The number of aromatic amines is 1. The van der Waals surface area contributed by atoms with Crippen molar-refractivity contribution in [1.82, 2.24) is 19.5 Å². The number of benzene rings is 2. The van der Waals surface area contributed by atoms with Crippen LogP contribution in [0, 0.1) is 0 Å². The van der Waals surface area contributed by atoms with Gasteiger partial charge in [-0.15, -0.1) is 0 Å². The minimum Gasteiger partial charge on any atom is -0.361 e. The fourth-order valence-corrected chi connectivity index (χ4v) is 6.06. The van der Waals surface area contributed by atoms with Crippen molar-refractivity contribution in [3.63, 3.8) is 0 Å². The number of carbonyl (C=O) groups is 2. The van der Waals surface area contributed by atoms with Crippen molar-refractivity contribution in [1.29, 1.82) is 0 Å². The summed E-state index contributed by atoms with van der Waals surface area (Å²) in [5.74, 6) is -0.306. The molecule has 1 saturated heterocycles. The third-order valence-corrected chi connectivity index (χ3v) is 8.52. The van der Waals surface area contributed by atoms with Crippen molar-refractivity contribution in [2.45, 2.75) is 44.0 Å². The molecule has 0 spiro atoms. The number of para-hydroxylation sites is 1. The van der Waals surface area contributed by atoms with Crippen LogP contribution in [0.4, 0.5) is 0 Å². The molecule has 1 unspecified atom stereocenters. The first-order valence-electron chi connectivity index (χ1n) is 11.9. The molecule has 0 aliphatic carbocycles. The number of aromatic nitrogens is 1. The van der Waals surface area contributed by atoms with E-state index in [4.69, 9.17) is 0 Å². The summed E-state index contributed by atoms with van der Waals surface area (Å²) < 4.78 is 28.2. The minimum absolute atomic E-state index is 0.0254. The van der Waals surface area contributed by atoms with Crippen LogP contribution in [-0.2, 0) is 26.0 Å². The first-order valence-corrected chi connectivity index (χ1v) is 13.3. The Morgan fingerprint density at radius 2 is 1.80 bits per heavy atom. The summed E-state index contributed by atoms with van der Waals surface area (Å²) in [6.45, 7) is 6.21. The van der Waals surface area contributed by atoms with Gasteiger partial charge in [0.15, 0.2) is 0 Å². The van der Waals surface area contributed by atoms with Crippen molar-refractivity contribution >= 4 is 32.7 Å². The van der Waals surface area contributed by atoms with Gasteiger partial charge in [-0.3, -0.25) is 9.59 Å². The van der Waals surface area contributed by atoms with E-state index < -0.39 is 22.0 Å². The van der Waals surface area contributed by atoms with Gasteiger partial charge in [0.25, 0.3) is 0 Å². The van der Waals surface area contributed by atoms with Crippen LogP contribution in [-0.4, -0.2) is 66.6 Å². The second-order valence-corrected chi connectivity index (χ2v) is 11.1. The molecule has 1 atom stereocenters. The molecule has 1 fully saturated rings. The summed E-state index contributed by atoms with van der Waals surface area (Å²) in [6, 6.07) is 13.7. The van der Waals surface area contributed by atoms with Crippen LogP contribution in [0.3, 0.4) is 0 Å². The van der Waals surface area contributed by atoms with Crippen molar-refractivity contribution in [2.24, 2.45) is 0 Å². The molecule has 1 aliphatic rings. The molecule has 186 valence electrons. The summed E-state index contributed by atoms with van der Waals surface area (Å²) >= 11 is 0. The van der Waals surface area contributed by atoms with Crippen molar-refractivity contribution in [3.8, 4) is 0 Å². The monoisotopic (exact) mass is 496 g/mol. The van der Waals surface area contributed by atoms with Gasteiger partial charge in [-0.2, -0.15) is 4.31 Å². The predicted molar refractivity (Wildman–Crippen MR) is 135 cm³/mol. The largest absolute Gasteiger partial charge is 0.361 e. The SMILES string of the molecule is CC(=O)N1CCN(S(=O)(=O)c2ccc(C(C)C)cc2)C(C(=O)NCCc2c[nH]c3ccccc23)C1. The van der Waals surface area contributed by atoms with Crippen LogP contribution in [0.25, 0.3) is 10.9 Å². The summed E-state index contributed by atoms with van der Waals surface area (Å²) in [5.41, 5.74) is 3.14. The normalized spacial score (nSPS) is 17.1. The number of fused-ring (bicyclic) bond motifs is 1. The van der Waals surface area contributed by atoms with Crippen LogP contribution in [0.1, 0.15) is 37.8 Å². The number of nitrogens with one attached hydrogen (secondary N) is 2. The third kappa shape index (κ3) is 5.26. The fourth-order valence-electron chi connectivity index (χ4n) is 4.49. The fraction of sp³-hybridized carbons (Fsp3) is 0.385. The highest BCUT2D eigenvalue weighted by molar-refractivity contribution is 7.89. The molecule has 1 aliphatic heterocycles. The van der Waals surface area contributed by atoms with E-state index in [2.05, 4.69) is 10.3 Å². The maximum atomic E-state index is 13.5. The zero-order chi connectivity index (χ0) is 25.2. The van der Waals surface area contributed by atoms with E-state index >= 15 is 0 Å². The molecule has 9 heteroatoms. The lowest BCUT2D eigenvalue weighted by Gasteiger charge is -2.39. The Bertz CT molecular complexity index is 1310. The summed E-state index contributed by atoms with van der Waals surface area (Å²) in [5, 5.41) is 3.99. The van der Waals surface area contributed by atoms with Crippen molar-refractivity contribution < 1.29 is 18.0 Å². The average Bonchev–Trinajstić information content (AvgIpc) is 3.26. The number of carbonyl (C=O) groups excluding carboxylic acids is 2. The number of piperazine rings is 1. The van der Waals surface area contributed by atoms with Gasteiger partial charge in [0.2, 0.25) is 21.8 Å². The molecule has 2 aromatic carbocycles. The van der Waals surface area contributed by atoms with E-state index in [1.165, 1.54) is 16.1 Å². The lowest BCUT2D eigenvalue weighted by molar-refractivity contribution is -0.134. The van der Waals surface area contributed by atoms with Crippen LogP contribution in [0.2, 0.25) is 0 Å². The van der Waals surface area contributed by atoms with Crippen molar-refractivity contribution in [3.05, 3.63) is 65.9 Å². The average molecular weight is 497 g/mol. The molecule has 2 N–H and O–H groups in total. The summed E-state index contributed by atoms with van der Waals surface area (Å²) in [6.07, 6.45) is 2.52. The van der Waals surface area contributed by atoms with Gasteiger partial charge in [0.1, 0.15) is 6.04 Å². The highest BCUT2D eigenvalue weighted by Gasteiger charge is 2.40. The Hall–Kier alpha value is -3.17. The predicted octanol–water partition coefficient (Wildman–Crippen LogP) is 2.87. The topological polar surface area (TPSA) is 103 Å². The van der Waals surface area contributed by atoms with Crippen LogP contribution in [0.5, 0.6) is 0 Å². The molecular formula is C26H32N4O4S. The van der Waals surface area contributed by atoms with Crippen LogP contribution >= 0.6 is 0 Å². The minimum atomic E-state index is -3.92. The van der Waals surface area contributed by atoms with Gasteiger partial charge in [-0.25, -0.2) is 8.42 Å². The number of rotatable bonds is 7. The Labute approximate surface area is 206 Å². The number of hydrogen-bond donors (Lipinski definition) is 2. The number of H-pyrrole nitrogens is 1. The summed E-state index contributed by atoms with van der Waals surface area (Å²) in [7, 11) is -3.92. The molecular weight excluding hydrogens is 464 g/mol. The number of hydrogen-bond acceptors (Lipinski definition) is 4. The smallest absolute Gasteiger partial charge is 0.243 e. The first-order chi connectivity index (χ1) is 16.7. The molecule has 0 radical (unpaired) electrons. The van der Waals surface area contributed by atoms with E-state index in [-0.39, 0.29) is 36.4 Å². The number of nitrogens with zero attached hydrogens (tertiary/aromatic N) is 2. The maximum absolute atomic E-state index is 13.5. The molecule has 4 rings (SSSR count). The van der Waals surface area contributed by atoms with E-state index in [1.807, 2.05) is 44.3 Å². The van der Waals surface area contributed by atoms with Crippen molar-refractivity contribution in [2.75, 3.05) is 26.2 Å². The second-order valence-electron chi connectivity index (χ2n) is 9.22. The van der Waals surface area contributed by atoms with Gasteiger partial charge in [-0.05, 0) is 41.7 Å². The van der Waals surface area contributed by atoms with Gasteiger partial charge in [-0.1, -0.05) is 44.2 Å². The molecule has 3 aromatic rings. The van der Waals surface area contributed by atoms with E-state index in [9.17, 15) is 18.0 Å². The molecule has 35 heavy (non-hydrogen) atoms. The van der Waals surface area contributed by atoms with E-state index in [1.54, 1.807) is 24.3 Å². The molecule has 0 bridgehead atoms. The zero-order valence-corrected chi connectivity index (χ0v) is 21.1. The molecule has 2 heterocycles. The molecule has 2 amide bonds. The molecule has 8 nitrogen and oxygen atoms in total. The Balaban J connectivity index is 1.51. The Morgan fingerprint density at radius 1 is 1.09 bits per heavy atom. The Morgan fingerprint density at radius 3 is 2.49 bits per heavy atom. The quantitative estimate of drug-likeness (QED) is 0.525. The van der Waals surface area contributed by atoms with E-state index in [0.29, 0.717) is 13.0 Å². The molecule has 1 aromatic heterocycles. The van der Waals surface area contributed by atoms with Gasteiger partial charge in [0.05, 0.1) is 4.90 Å². The number of amides is 2. The Kier molecular flexibility index (Phi) is 7.28. The summed E-state index contributed by atoms with van der Waals surface area (Å²) in [4.78, 5) is 30.1. The van der Waals surface area contributed by atoms with Gasteiger partial charge < -0.3 is 15.2 Å². The first kappa shape index (κ1) is 24.9. The third-order valence-electron chi connectivity index (χ3n) is 6.60. The number of sulfonamides is 1. The highest BCUT2D eigenvalue weighted by atomic mass is 32.2. The van der Waals surface area contributed by atoms with Gasteiger partial charge >= 0.3 is 0 Å². The standard InChI is InChI=1S/C26H32N4O4S/c1-18(2)20-8-10-22(11-9-20)35(33,34)30-15-14-29(19(3)31)17-25(30)26(32)27-13-12-21-16-28-24-7-5-4-6-23(21)24/h4-11,16,18,25,28H,12-15,17H2,1-3H3,(H,27,32). The molecule has 0 saturated carbocycles. The highest BCUT2D eigenvalue weighted by Crippen LogP contribution is 2.24. The van der Waals surface area contributed by atoms with Crippen LogP contribution in [0.15, 0.2) is 59.6 Å².